The third-order valence-corrected chi connectivity index (χ3v) is 3.35. The molecule has 15 heavy (non-hydrogen) atoms. The first kappa shape index (κ1) is 10.9. The number of benzene rings is 1. The van der Waals surface area contributed by atoms with E-state index in [0.717, 1.165) is 23.0 Å². The molecule has 82 valence electrons. The summed E-state index contributed by atoms with van der Waals surface area (Å²) < 4.78 is 0.722. The summed E-state index contributed by atoms with van der Waals surface area (Å²) in [7, 11) is 0. The Morgan fingerprint density at radius 3 is 2.93 bits per heavy atom. The van der Waals surface area contributed by atoms with Crippen molar-refractivity contribution in [1.82, 2.24) is 4.90 Å². The molecule has 1 heterocycles. The van der Waals surface area contributed by atoms with Gasteiger partial charge in [0.2, 0.25) is 0 Å². The average molecular weight is 272 g/mol. The monoisotopic (exact) mass is 271 g/mol. The molecular weight excluding hydrogens is 258 g/mol. The Hall–Kier alpha value is -0.580. The Labute approximate surface area is 97.5 Å². The smallest absolute Gasteiger partial charge is 0.134 e. The van der Waals surface area contributed by atoms with E-state index >= 15 is 0 Å². The van der Waals surface area contributed by atoms with Gasteiger partial charge in [-0.1, -0.05) is 12.1 Å². The van der Waals surface area contributed by atoms with Crippen LogP contribution in [0.2, 0.25) is 0 Å². The molecule has 3 nitrogen and oxygen atoms in total. The number of phenols is 1. The van der Waals surface area contributed by atoms with Crippen LogP contribution in [0, 0.1) is 0 Å². The zero-order valence-electron chi connectivity index (χ0n) is 8.36. The van der Waals surface area contributed by atoms with Crippen molar-refractivity contribution in [1.29, 1.82) is 0 Å². The predicted octanol–water partition coefficient (Wildman–Crippen LogP) is 1.72. The molecule has 1 saturated heterocycles. The van der Waals surface area contributed by atoms with E-state index in [4.69, 9.17) is 0 Å². The maximum Gasteiger partial charge on any atom is 0.134 e. The fraction of sp³-hybridized carbons (Fsp3) is 0.455. The summed E-state index contributed by atoms with van der Waals surface area (Å²) in [5.74, 6) is 0.305. The number of halogens is 1. The Bertz CT molecular complexity index is 356. The number of rotatable bonds is 2. The summed E-state index contributed by atoms with van der Waals surface area (Å²) in [6, 6.07) is 5.63. The fourth-order valence-corrected chi connectivity index (χ4v) is 2.29. The number of nitrogens with zero attached hydrogens (tertiary/aromatic N) is 1. The summed E-state index contributed by atoms with van der Waals surface area (Å²) in [6.45, 7) is 2.29. The van der Waals surface area contributed by atoms with Gasteiger partial charge in [0.15, 0.2) is 0 Å². The van der Waals surface area contributed by atoms with Crippen LogP contribution >= 0.6 is 15.9 Å². The van der Waals surface area contributed by atoms with Crippen molar-refractivity contribution in [3.05, 3.63) is 28.2 Å². The Morgan fingerprint density at radius 2 is 2.27 bits per heavy atom. The van der Waals surface area contributed by atoms with Gasteiger partial charge in [-0.2, -0.15) is 0 Å². The van der Waals surface area contributed by atoms with Gasteiger partial charge in [-0.3, -0.25) is 4.90 Å². The number of para-hydroxylation sites is 1. The highest BCUT2D eigenvalue weighted by Crippen LogP contribution is 2.29. The van der Waals surface area contributed by atoms with Gasteiger partial charge < -0.3 is 10.2 Å². The first-order valence-corrected chi connectivity index (χ1v) is 5.83. The minimum Gasteiger partial charge on any atom is -0.506 e. The molecule has 2 N–H and O–H groups in total. The lowest BCUT2D eigenvalue weighted by atomic mass is 10.2. The number of aromatic hydroxyl groups is 1. The van der Waals surface area contributed by atoms with Crippen molar-refractivity contribution in [3.8, 4) is 5.75 Å². The van der Waals surface area contributed by atoms with Crippen molar-refractivity contribution < 1.29 is 10.2 Å². The second kappa shape index (κ2) is 4.51. The minimum absolute atomic E-state index is 0.209. The molecule has 1 aromatic carbocycles. The Morgan fingerprint density at radius 1 is 1.47 bits per heavy atom. The van der Waals surface area contributed by atoms with Crippen molar-refractivity contribution in [2.75, 3.05) is 13.1 Å². The summed E-state index contributed by atoms with van der Waals surface area (Å²) in [5.41, 5.74) is 0.901. The van der Waals surface area contributed by atoms with Crippen molar-refractivity contribution >= 4 is 15.9 Å². The first-order valence-electron chi connectivity index (χ1n) is 5.03. The number of aliphatic hydroxyl groups excluding tert-OH is 1. The van der Waals surface area contributed by atoms with E-state index in [9.17, 15) is 10.2 Å². The van der Waals surface area contributed by atoms with E-state index < -0.39 is 0 Å². The van der Waals surface area contributed by atoms with Crippen molar-refractivity contribution in [2.24, 2.45) is 0 Å². The van der Waals surface area contributed by atoms with Crippen LogP contribution in [0.4, 0.5) is 0 Å². The molecule has 0 unspecified atom stereocenters. The van der Waals surface area contributed by atoms with Crippen molar-refractivity contribution in [3.63, 3.8) is 0 Å². The zero-order valence-corrected chi connectivity index (χ0v) is 9.94. The third-order valence-electron chi connectivity index (χ3n) is 2.71. The standard InChI is InChI=1S/C11H14BrNO2/c12-10-3-1-2-8(11(10)15)6-13-5-4-9(14)7-13/h1-3,9,14-15H,4-7H2/t9-/m0/s1. The molecule has 1 atom stereocenters. The van der Waals surface area contributed by atoms with E-state index in [1.54, 1.807) is 0 Å². The van der Waals surface area contributed by atoms with Crippen LogP contribution in [0.25, 0.3) is 0 Å². The molecule has 1 aromatic rings. The van der Waals surface area contributed by atoms with Gasteiger partial charge in [-0.25, -0.2) is 0 Å². The third kappa shape index (κ3) is 2.51. The largest absolute Gasteiger partial charge is 0.506 e. The highest BCUT2D eigenvalue weighted by Gasteiger charge is 2.21. The van der Waals surface area contributed by atoms with Crippen LogP contribution in [0.15, 0.2) is 22.7 Å². The molecule has 0 saturated carbocycles. The van der Waals surface area contributed by atoms with Crippen molar-refractivity contribution in [2.45, 2.75) is 19.1 Å². The van der Waals surface area contributed by atoms with E-state index in [1.165, 1.54) is 0 Å². The normalized spacial score (nSPS) is 22.1. The molecule has 1 fully saturated rings. The summed E-state index contributed by atoms with van der Waals surface area (Å²) >= 11 is 3.29. The van der Waals surface area contributed by atoms with Gasteiger partial charge in [0.05, 0.1) is 10.6 Å². The molecule has 0 radical (unpaired) electrons. The van der Waals surface area contributed by atoms with Gasteiger partial charge in [0.1, 0.15) is 5.75 Å². The van der Waals surface area contributed by atoms with Gasteiger partial charge in [0.25, 0.3) is 0 Å². The second-order valence-electron chi connectivity index (χ2n) is 3.93. The van der Waals surface area contributed by atoms with Gasteiger partial charge in [-0.05, 0) is 28.4 Å². The summed E-state index contributed by atoms with van der Waals surface area (Å²) in [4.78, 5) is 2.14. The van der Waals surface area contributed by atoms with Gasteiger partial charge in [-0.15, -0.1) is 0 Å². The van der Waals surface area contributed by atoms with E-state index in [-0.39, 0.29) is 6.10 Å². The lowest BCUT2D eigenvalue weighted by molar-refractivity contribution is 0.174. The topological polar surface area (TPSA) is 43.7 Å². The van der Waals surface area contributed by atoms with E-state index in [1.807, 2.05) is 18.2 Å². The summed E-state index contributed by atoms with van der Waals surface area (Å²) in [5, 5.41) is 19.2. The molecule has 1 aliphatic rings. The molecule has 2 rings (SSSR count). The fourth-order valence-electron chi connectivity index (χ4n) is 1.88. The molecule has 0 amide bonds. The number of hydrogen-bond donors (Lipinski definition) is 2. The molecule has 0 aliphatic carbocycles. The zero-order chi connectivity index (χ0) is 10.8. The lowest BCUT2D eigenvalue weighted by Gasteiger charge is -2.16. The highest BCUT2D eigenvalue weighted by atomic mass is 79.9. The van der Waals surface area contributed by atoms with Gasteiger partial charge >= 0.3 is 0 Å². The Kier molecular flexibility index (Phi) is 3.29. The number of likely N-dealkylation sites (tertiary alicyclic amines) is 1. The molecule has 4 heteroatoms. The number of hydrogen-bond acceptors (Lipinski definition) is 3. The van der Waals surface area contributed by atoms with Crippen LogP contribution in [0.3, 0.4) is 0 Å². The highest BCUT2D eigenvalue weighted by molar-refractivity contribution is 9.10. The van der Waals surface area contributed by atoms with Crippen LogP contribution in [0.5, 0.6) is 5.75 Å². The first-order chi connectivity index (χ1) is 7.16. The second-order valence-corrected chi connectivity index (χ2v) is 4.78. The van der Waals surface area contributed by atoms with E-state index in [2.05, 4.69) is 20.8 Å². The molecule has 1 aliphatic heterocycles. The molecule has 0 bridgehead atoms. The number of aliphatic hydroxyl groups is 1. The molecule has 0 spiro atoms. The van der Waals surface area contributed by atoms with E-state index in [0.29, 0.717) is 18.8 Å². The van der Waals surface area contributed by atoms with Crippen LogP contribution in [0.1, 0.15) is 12.0 Å². The lowest BCUT2D eigenvalue weighted by Crippen LogP contribution is -2.21. The number of β-amino-alcohol motifs (C(OH)–C–C–N with tert-alkyl or cyclic N) is 1. The summed E-state index contributed by atoms with van der Waals surface area (Å²) in [6.07, 6.45) is 0.619. The van der Waals surface area contributed by atoms with Crippen LogP contribution < -0.4 is 0 Å². The van der Waals surface area contributed by atoms with Crippen LogP contribution in [-0.2, 0) is 6.54 Å². The molecule has 0 aromatic heterocycles. The maximum atomic E-state index is 9.79. The number of phenolic OH excluding ortho intramolecular Hbond substituents is 1. The van der Waals surface area contributed by atoms with Crippen LogP contribution in [-0.4, -0.2) is 34.3 Å². The van der Waals surface area contributed by atoms with Gasteiger partial charge in [0, 0.05) is 25.2 Å². The molecular formula is C11H14BrNO2. The quantitative estimate of drug-likeness (QED) is 0.861. The maximum absolute atomic E-state index is 9.79. The SMILES string of the molecule is Oc1c(Br)cccc1CN1CC[C@H](O)C1. The predicted molar refractivity (Wildman–Crippen MR) is 61.7 cm³/mol. The Balaban J connectivity index is 2.07. The minimum atomic E-state index is -0.209. The average Bonchev–Trinajstić information content (AvgIpc) is 2.59.